The van der Waals surface area contributed by atoms with E-state index in [9.17, 15) is 0 Å². The van der Waals surface area contributed by atoms with E-state index in [4.69, 9.17) is 39.1 Å². The summed E-state index contributed by atoms with van der Waals surface area (Å²) in [6.45, 7) is 0. The number of nitrogens with zero attached hydrogens (tertiary/aromatic N) is 1. The summed E-state index contributed by atoms with van der Waals surface area (Å²) in [5, 5.41) is 11.4. The number of rotatable bonds is 3. The van der Waals surface area contributed by atoms with E-state index < -0.39 is 0 Å². The molecule has 0 fully saturated rings. The van der Waals surface area contributed by atoms with Crippen molar-refractivity contribution >= 4 is 35.4 Å². The number of nitrogens with one attached hydrogen (secondary N) is 2. The van der Waals surface area contributed by atoms with Crippen molar-refractivity contribution in [3.05, 3.63) is 27.7 Å². The molecule has 0 spiro atoms. The molecule has 1 aromatic rings. The number of halogens is 2. The van der Waals surface area contributed by atoms with Crippen molar-refractivity contribution in [2.45, 2.75) is 0 Å². The third-order valence-electron chi connectivity index (χ3n) is 1.62. The van der Waals surface area contributed by atoms with Crippen molar-refractivity contribution in [1.29, 1.82) is 5.41 Å². The Morgan fingerprint density at radius 3 is 2.50 bits per heavy atom. The minimum Gasteiger partial charge on any atom is -0.494 e. The molecule has 0 amide bonds. The molecule has 0 radical (unpaired) electrons. The molecule has 1 rings (SSSR count). The molecule has 0 heterocycles. The van der Waals surface area contributed by atoms with Crippen LogP contribution in [0.25, 0.3) is 0 Å². The Hall–Kier alpha value is -1.46. The molecule has 86 valence electrons. The van der Waals surface area contributed by atoms with Gasteiger partial charge < -0.3 is 10.5 Å². The zero-order chi connectivity index (χ0) is 12.1. The molecule has 0 aromatic heterocycles. The van der Waals surface area contributed by atoms with Crippen molar-refractivity contribution in [2.24, 2.45) is 10.8 Å². The molecule has 0 unspecified atom stereocenters. The molecule has 0 aliphatic rings. The topological polar surface area (TPSA) is 83.5 Å². The van der Waals surface area contributed by atoms with Crippen LogP contribution in [0.5, 0.6) is 5.75 Å². The summed E-state index contributed by atoms with van der Waals surface area (Å²) in [7, 11) is 1.48. The Morgan fingerprint density at radius 1 is 1.50 bits per heavy atom. The van der Waals surface area contributed by atoms with Crippen LogP contribution in [0, 0.1) is 5.41 Å². The fourth-order valence-corrected chi connectivity index (χ4v) is 1.68. The van der Waals surface area contributed by atoms with Gasteiger partial charge in [-0.3, -0.25) is 5.41 Å². The second kappa shape index (κ2) is 5.58. The van der Waals surface area contributed by atoms with Gasteiger partial charge in [0.25, 0.3) is 0 Å². The fourth-order valence-electron chi connectivity index (χ4n) is 1.03. The number of guanidine groups is 1. The second-order valence-electron chi connectivity index (χ2n) is 2.80. The maximum absolute atomic E-state index is 6.89. The molecule has 0 atom stereocenters. The summed E-state index contributed by atoms with van der Waals surface area (Å²) in [5.41, 5.74) is 7.99. The van der Waals surface area contributed by atoms with Crippen LogP contribution in [0.2, 0.25) is 10.0 Å². The quantitative estimate of drug-likeness (QED) is 0.441. The Kier molecular flexibility index (Phi) is 4.39. The van der Waals surface area contributed by atoms with E-state index in [0.29, 0.717) is 21.4 Å². The first-order valence-corrected chi connectivity index (χ1v) is 4.96. The van der Waals surface area contributed by atoms with Crippen LogP contribution >= 0.6 is 23.2 Å². The number of hydrogen-bond acceptors (Lipinski definition) is 3. The minimum atomic E-state index is -0.248. The predicted octanol–water partition coefficient (Wildman–Crippen LogP) is 1.82. The van der Waals surface area contributed by atoms with Gasteiger partial charge in [0.2, 0.25) is 5.96 Å². The average molecular weight is 261 g/mol. The molecule has 0 aliphatic heterocycles. The standard InChI is InChI=1S/C9H10Cl2N4O/c1-16-8-6(10)2-5(3-7(8)11)4-14-15-9(12)13/h2-4H,1H3,(H4,12,13,15)/b14-4+. The second-order valence-corrected chi connectivity index (χ2v) is 3.62. The number of hydrogen-bond donors (Lipinski definition) is 3. The summed E-state index contributed by atoms with van der Waals surface area (Å²) in [6, 6.07) is 3.27. The molecule has 16 heavy (non-hydrogen) atoms. The zero-order valence-corrected chi connectivity index (χ0v) is 9.93. The fraction of sp³-hybridized carbons (Fsp3) is 0.111. The SMILES string of the molecule is COc1c(Cl)cc(/C=N/NC(=N)N)cc1Cl. The van der Waals surface area contributed by atoms with Gasteiger partial charge in [0.1, 0.15) is 0 Å². The van der Waals surface area contributed by atoms with Crippen LogP contribution in [-0.2, 0) is 0 Å². The van der Waals surface area contributed by atoms with E-state index in [1.54, 1.807) is 12.1 Å². The molecule has 4 N–H and O–H groups in total. The number of nitrogens with two attached hydrogens (primary N) is 1. The van der Waals surface area contributed by atoms with Crippen LogP contribution in [-0.4, -0.2) is 19.3 Å². The lowest BCUT2D eigenvalue weighted by Gasteiger charge is -2.06. The van der Waals surface area contributed by atoms with Crippen molar-refractivity contribution in [3.63, 3.8) is 0 Å². The highest BCUT2D eigenvalue weighted by Crippen LogP contribution is 2.33. The molecule has 0 saturated heterocycles. The number of hydrazone groups is 1. The first-order valence-electron chi connectivity index (χ1n) is 4.20. The lowest BCUT2D eigenvalue weighted by atomic mass is 10.2. The zero-order valence-electron chi connectivity index (χ0n) is 8.42. The van der Waals surface area contributed by atoms with E-state index in [1.165, 1.54) is 13.3 Å². The maximum Gasteiger partial charge on any atom is 0.206 e. The van der Waals surface area contributed by atoms with Gasteiger partial charge in [-0.05, 0) is 17.7 Å². The number of benzene rings is 1. The molecular formula is C9H10Cl2N4O. The smallest absolute Gasteiger partial charge is 0.206 e. The summed E-state index contributed by atoms with van der Waals surface area (Å²) in [5.74, 6) is 0.168. The normalized spacial score (nSPS) is 10.4. The summed E-state index contributed by atoms with van der Waals surface area (Å²) >= 11 is 11.8. The summed E-state index contributed by atoms with van der Waals surface area (Å²) < 4.78 is 5.00. The molecule has 5 nitrogen and oxygen atoms in total. The largest absolute Gasteiger partial charge is 0.494 e. The van der Waals surface area contributed by atoms with Gasteiger partial charge in [0, 0.05) is 0 Å². The van der Waals surface area contributed by atoms with Gasteiger partial charge in [-0.1, -0.05) is 23.2 Å². The molecular weight excluding hydrogens is 251 g/mol. The third-order valence-corrected chi connectivity index (χ3v) is 2.18. The lowest BCUT2D eigenvalue weighted by molar-refractivity contribution is 0.415. The Balaban J connectivity index is 2.91. The Bertz CT molecular complexity index is 411. The Morgan fingerprint density at radius 2 is 2.06 bits per heavy atom. The van der Waals surface area contributed by atoms with Crippen LogP contribution < -0.4 is 15.9 Å². The average Bonchev–Trinajstić information content (AvgIpc) is 2.16. The van der Waals surface area contributed by atoms with Gasteiger partial charge in [-0.25, -0.2) is 5.43 Å². The maximum atomic E-state index is 6.89. The van der Waals surface area contributed by atoms with E-state index in [0.717, 1.165) is 0 Å². The van der Waals surface area contributed by atoms with Gasteiger partial charge in [-0.2, -0.15) is 5.10 Å². The highest BCUT2D eigenvalue weighted by Gasteiger charge is 2.07. The van der Waals surface area contributed by atoms with Gasteiger partial charge in [0.05, 0.1) is 23.4 Å². The number of methoxy groups -OCH3 is 1. The first-order chi connectivity index (χ1) is 7.54. The molecule has 0 bridgehead atoms. The molecule has 0 saturated carbocycles. The summed E-state index contributed by atoms with van der Waals surface area (Å²) in [6.07, 6.45) is 1.44. The predicted molar refractivity (Wildman–Crippen MR) is 65.7 cm³/mol. The highest BCUT2D eigenvalue weighted by molar-refractivity contribution is 6.37. The van der Waals surface area contributed by atoms with Gasteiger partial charge >= 0.3 is 0 Å². The molecule has 7 heteroatoms. The minimum absolute atomic E-state index is 0.248. The van der Waals surface area contributed by atoms with Crippen molar-refractivity contribution < 1.29 is 4.74 Å². The van der Waals surface area contributed by atoms with Crippen molar-refractivity contribution in [2.75, 3.05) is 7.11 Å². The lowest BCUT2D eigenvalue weighted by Crippen LogP contribution is -2.25. The van der Waals surface area contributed by atoms with Crippen molar-refractivity contribution in [1.82, 2.24) is 5.43 Å². The third kappa shape index (κ3) is 3.29. The van der Waals surface area contributed by atoms with E-state index >= 15 is 0 Å². The van der Waals surface area contributed by atoms with Crippen LogP contribution in [0.4, 0.5) is 0 Å². The van der Waals surface area contributed by atoms with E-state index in [2.05, 4.69) is 10.5 Å². The van der Waals surface area contributed by atoms with Crippen LogP contribution in [0.3, 0.4) is 0 Å². The number of ether oxygens (including phenoxy) is 1. The molecule has 0 aliphatic carbocycles. The van der Waals surface area contributed by atoms with E-state index in [1.807, 2.05) is 0 Å². The van der Waals surface area contributed by atoms with E-state index in [-0.39, 0.29) is 5.96 Å². The van der Waals surface area contributed by atoms with Crippen LogP contribution in [0.15, 0.2) is 17.2 Å². The highest BCUT2D eigenvalue weighted by atomic mass is 35.5. The Labute approximate surface area is 103 Å². The van der Waals surface area contributed by atoms with Crippen molar-refractivity contribution in [3.8, 4) is 5.75 Å². The summed E-state index contributed by atoms with van der Waals surface area (Å²) in [4.78, 5) is 0. The first kappa shape index (κ1) is 12.6. The molecule has 1 aromatic carbocycles. The van der Waals surface area contributed by atoms with Crippen LogP contribution in [0.1, 0.15) is 5.56 Å². The monoisotopic (exact) mass is 260 g/mol. The van der Waals surface area contributed by atoms with Gasteiger partial charge in [0.15, 0.2) is 5.75 Å². The van der Waals surface area contributed by atoms with Gasteiger partial charge in [-0.15, -0.1) is 0 Å².